The van der Waals surface area contributed by atoms with Crippen molar-refractivity contribution in [2.45, 2.75) is 51.7 Å². The van der Waals surface area contributed by atoms with Crippen LogP contribution in [0.5, 0.6) is 0 Å². The molecule has 84 valence electrons. The molecule has 0 radical (unpaired) electrons. The van der Waals surface area contributed by atoms with E-state index in [0.717, 1.165) is 12.6 Å². The van der Waals surface area contributed by atoms with E-state index in [-0.39, 0.29) is 0 Å². The SMILES string of the molecule is C[Si](C)(C)CCC[P+](=O)O[Si](C)(C)C. The summed E-state index contributed by atoms with van der Waals surface area (Å²) >= 11 is 0. The standard InChI is InChI=1S/C9H24O2PSi2/c1-13(2,3)9-7-8-12(10)11-14(4,5)6/h7-9H2,1-6H3/q+1. The number of rotatable bonds is 6. The molecule has 0 amide bonds. The quantitative estimate of drug-likeness (QED) is 0.519. The molecule has 0 saturated carbocycles. The second-order valence-electron chi connectivity index (χ2n) is 5.92. The van der Waals surface area contributed by atoms with Gasteiger partial charge in [-0.25, -0.2) is 4.21 Å². The summed E-state index contributed by atoms with van der Waals surface area (Å²) in [6, 6.07) is 1.25. The molecule has 0 bridgehead atoms. The van der Waals surface area contributed by atoms with E-state index in [1.807, 2.05) is 0 Å². The zero-order chi connectivity index (χ0) is 11.4. The summed E-state index contributed by atoms with van der Waals surface area (Å²) in [6.07, 6.45) is 1.82. The minimum absolute atomic E-state index is 0.754. The maximum atomic E-state index is 11.5. The summed E-state index contributed by atoms with van der Waals surface area (Å²) < 4.78 is 17.0. The highest BCUT2D eigenvalue weighted by molar-refractivity contribution is 7.41. The Balaban J connectivity index is 3.66. The Bertz CT molecular complexity index is 194. The summed E-state index contributed by atoms with van der Waals surface area (Å²) in [5.74, 6) is 0. The summed E-state index contributed by atoms with van der Waals surface area (Å²) in [7, 11) is -3.93. The van der Waals surface area contributed by atoms with Crippen molar-refractivity contribution in [3.63, 3.8) is 0 Å². The third-order valence-corrected chi connectivity index (χ3v) is 7.18. The van der Waals surface area contributed by atoms with Gasteiger partial charge in [0.2, 0.25) is 0 Å². The lowest BCUT2D eigenvalue weighted by Crippen LogP contribution is -2.22. The lowest BCUT2D eigenvalue weighted by Gasteiger charge is -2.13. The van der Waals surface area contributed by atoms with Gasteiger partial charge in [0.25, 0.3) is 8.32 Å². The van der Waals surface area contributed by atoms with Crippen molar-refractivity contribution in [3.05, 3.63) is 0 Å². The summed E-state index contributed by atoms with van der Waals surface area (Å²) in [4.78, 5) is 0. The first-order chi connectivity index (χ1) is 6.10. The fourth-order valence-corrected chi connectivity index (χ4v) is 5.85. The first-order valence-electron chi connectivity index (χ1n) is 5.24. The Morgan fingerprint density at radius 2 is 1.57 bits per heavy atom. The molecule has 0 rings (SSSR count). The number of hydrogen-bond acceptors (Lipinski definition) is 2. The van der Waals surface area contributed by atoms with E-state index in [2.05, 4.69) is 39.3 Å². The zero-order valence-electron chi connectivity index (χ0n) is 10.4. The van der Waals surface area contributed by atoms with Crippen molar-refractivity contribution in [3.8, 4) is 0 Å². The van der Waals surface area contributed by atoms with Gasteiger partial charge in [-0.15, -0.1) is 0 Å². The predicted molar refractivity (Wildman–Crippen MR) is 69.7 cm³/mol. The molecule has 2 nitrogen and oxygen atoms in total. The monoisotopic (exact) mass is 251 g/mol. The van der Waals surface area contributed by atoms with Crippen molar-refractivity contribution in [1.82, 2.24) is 0 Å². The third-order valence-electron chi connectivity index (χ3n) is 1.64. The molecule has 0 aliphatic heterocycles. The Kier molecular flexibility index (Phi) is 5.74. The average molecular weight is 251 g/mol. The minimum Gasteiger partial charge on any atom is -0.202 e. The highest BCUT2D eigenvalue weighted by Gasteiger charge is 2.29. The lowest BCUT2D eigenvalue weighted by molar-refractivity contribution is 0.504. The van der Waals surface area contributed by atoms with Gasteiger partial charge in [0.15, 0.2) is 6.16 Å². The van der Waals surface area contributed by atoms with Crippen LogP contribution in [-0.4, -0.2) is 22.6 Å². The molecule has 1 unspecified atom stereocenters. The molecule has 0 aliphatic carbocycles. The Labute approximate surface area is 91.4 Å². The molecule has 0 fully saturated rings. The van der Waals surface area contributed by atoms with Crippen molar-refractivity contribution in [2.75, 3.05) is 6.16 Å². The van der Waals surface area contributed by atoms with Crippen LogP contribution in [0.15, 0.2) is 0 Å². The van der Waals surface area contributed by atoms with Crippen LogP contribution in [0.1, 0.15) is 6.42 Å². The van der Waals surface area contributed by atoms with Crippen LogP contribution in [-0.2, 0) is 8.78 Å². The lowest BCUT2D eigenvalue weighted by atomic mass is 10.6. The van der Waals surface area contributed by atoms with Gasteiger partial charge in [0.05, 0.1) is 0 Å². The zero-order valence-corrected chi connectivity index (χ0v) is 13.3. The molecule has 0 aliphatic rings. The molecule has 5 heteroatoms. The van der Waals surface area contributed by atoms with E-state index in [4.69, 9.17) is 4.21 Å². The van der Waals surface area contributed by atoms with Gasteiger partial charge in [0.1, 0.15) is 0 Å². The van der Waals surface area contributed by atoms with Crippen LogP contribution in [0.25, 0.3) is 0 Å². The van der Waals surface area contributed by atoms with Gasteiger partial charge < -0.3 is 0 Å². The van der Waals surface area contributed by atoms with Gasteiger partial charge in [-0.1, -0.05) is 25.7 Å². The molecule has 0 N–H and O–H groups in total. The summed E-state index contributed by atoms with van der Waals surface area (Å²) in [6.45, 7) is 13.3. The van der Waals surface area contributed by atoms with Crippen LogP contribution >= 0.6 is 8.03 Å². The number of hydrogen-bond donors (Lipinski definition) is 0. The maximum absolute atomic E-state index is 11.5. The van der Waals surface area contributed by atoms with Crippen molar-refractivity contribution < 1.29 is 8.78 Å². The van der Waals surface area contributed by atoms with Crippen molar-refractivity contribution in [2.24, 2.45) is 0 Å². The Morgan fingerprint density at radius 1 is 1.07 bits per heavy atom. The van der Waals surface area contributed by atoms with E-state index in [1.165, 1.54) is 6.04 Å². The van der Waals surface area contributed by atoms with Crippen molar-refractivity contribution >= 4 is 24.4 Å². The maximum Gasteiger partial charge on any atom is 0.496 e. The first kappa shape index (κ1) is 14.5. The van der Waals surface area contributed by atoms with E-state index < -0.39 is 24.4 Å². The smallest absolute Gasteiger partial charge is 0.202 e. The molecule has 0 saturated heterocycles. The minimum atomic E-state index is -1.59. The van der Waals surface area contributed by atoms with Crippen LogP contribution in [0.4, 0.5) is 0 Å². The second kappa shape index (κ2) is 5.54. The molecule has 0 aromatic heterocycles. The Hall–Kier alpha value is 0.494. The molecular weight excluding hydrogens is 227 g/mol. The highest BCUT2D eigenvalue weighted by atomic mass is 31.1. The van der Waals surface area contributed by atoms with E-state index in [0.29, 0.717) is 0 Å². The average Bonchev–Trinajstić information content (AvgIpc) is 1.78. The van der Waals surface area contributed by atoms with Crippen molar-refractivity contribution in [1.29, 1.82) is 0 Å². The third kappa shape index (κ3) is 10.6. The molecule has 0 aromatic carbocycles. The fraction of sp³-hybridized carbons (Fsp3) is 1.00. The van der Waals surface area contributed by atoms with Crippen LogP contribution < -0.4 is 0 Å². The fourth-order valence-electron chi connectivity index (χ4n) is 1.09. The summed E-state index contributed by atoms with van der Waals surface area (Å²) in [5.41, 5.74) is 0. The largest absolute Gasteiger partial charge is 0.496 e. The van der Waals surface area contributed by atoms with E-state index in [9.17, 15) is 4.57 Å². The molecular formula is C9H24O2PSi2+. The highest BCUT2D eigenvalue weighted by Crippen LogP contribution is 2.30. The van der Waals surface area contributed by atoms with Gasteiger partial charge in [0, 0.05) is 8.07 Å². The Morgan fingerprint density at radius 3 is 1.93 bits per heavy atom. The van der Waals surface area contributed by atoms with Gasteiger partial charge in [-0.05, 0) is 30.6 Å². The van der Waals surface area contributed by atoms with Crippen LogP contribution in [0.3, 0.4) is 0 Å². The first-order valence-corrected chi connectivity index (χ1v) is 13.7. The summed E-state index contributed by atoms with van der Waals surface area (Å²) in [5, 5.41) is 0. The molecule has 1 atom stereocenters. The van der Waals surface area contributed by atoms with E-state index in [1.54, 1.807) is 0 Å². The van der Waals surface area contributed by atoms with Gasteiger partial charge in [-0.2, -0.15) is 0 Å². The van der Waals surface area contributed by atoms with Crippen LogP contribution in [0, 0.1) is 0 Å². The molecule has 0 spiro atoms. The topological polar surface area (TPSA) is 26.3 Å². The van der Waals surface area contributed by atoms with Crippen LogP contribution in [0.2, 0.25) is 45.3 Å². The molecule has 0 heterocycles. The van der Waals surface area contributed by atoms with Gasteiger partial charge >= 0.3 is 8.03 Å². The normalized spacial score (nSPS) is 14.3. The van der Waals surface area contributed by atoms with E-state index >= 15 is 0 Å². The van der Waals surface area contributed by atoms with Gasteiger partial charge in [-0.3, -0.25) is 0 Å². The predicted octanol–water partition coefficient (Wildman–Crippen LogP) is 4.31. The molecule has 0 aromatic rings. The second-order valence-corrected chi connectivity index (χ2v) is 17.6. The molecule has 14 heavy (non-hydrogen) atoms.